The molecule has 0 saturated carbocycles. The fourth-order valence-corrected chi connectivity index (χ4v) is 4.65. The maximum Gasteiger partial charge on any atom is 0.0473 e. The number of benzene rings is 3. The minimum atomic E-state index is 0.366. The molecule has 1 aliphatic rings. The van der Waals surface area contributed by atoms with Crippen molar-refractivity contribution in [3.05, 3.63) is 81.8 Å². The van der Waals surface area contributed by atoms with Gasteiger partial charge in [0, 0.05) is 15.2 Å². The number of alkyl halides is 1. The molecular formula is C19H14Br2. The van der Waals surface area contributed by atoms with Crippen molar-refractivity contribution in [2.24, 2.45) is 0 Å². The fraction of sp³-hybridized carbons (Fsp3) is 0.158. The Morgan fingerprint density at radius 3 is 2.38 bits per heavy atom. The van der Waals surface area contributed by atoms with Crippen LogP contribution in [-0.2, 0) is 6.42 Å². The van der Waals surface area contributed by atoms with E-state index in [4.69, 9.17) is 0 Å². The normalized spacial score (nSPS) is 18.1. The lowest BCUT2D eigenvalue weighted by molar-refractivity contribution is 0.602. The summed E-state index contributed by atoms with van der Waals surface area (Å²) in [5, 5.41) is 2.62. The van der Waals surface area contributed by atoms with Gasteiger partial charge >= 0.3 is 0 Å². The maximum atomic E-state index is 3.96. The summed E-state index contributed by atoms with van der Waals surface area (Å²) in [5.74, 6) is 0.575. The molecule has 1 aliphatic carbocycles. The van der Waals surface area contributed by atoms with E-state index in [2.05, 4.69) is 92.5 Å². The lowest BCUT2D eigenvalue weighted by atomic mass is 9.74. The van der Waals surface area contributed by atoms with Crippen LogP contribution in [0.3, 0.4) is 0 Å². The van der Waals surface area contributed by atoms with Gasteiger partial charge < -0.3 is 0 Å². The van der Waals surface area contributed by atoms with Crippen LogP contribution in [0.15, 0.2) is 65.1 Å². The molecule has 104 valence electrons. The molecule has 0 spiro atoms. The Labute approximate surface area is 141 Å². The van der Waals surface area contributed by atoms with E-state index in [1.54, 1.807) is 0 Å². The highest BCUT2D eigenvalue weighted by Gasteiger charge is 2.32. The molecule has 0 heterocycles. The molecular weight excluding hydrogens is 388 g/mol. The molecule has 0 aliphatic heterocycles. The predicted molar refractivity (Wildman–Crippen MR) is 96.2 cm³/mol. The molecule has 0 fully saturated rings. The van der Waals surface area contributed by atoms with Crippen molar-refractivity contribution in [3.63, 3.8) is 0 Å². The molecule has 0 aromatic heterocycles. The monoisotopic (exact) mass is 400 g/mol. The van der Waals surface area contributed by atoms with Crippen LogP contribution in [0.25, 0.3) is 10.8 Å². The molecule has 21 heavy (non-hydrogen) atoms. The van der Waals surface area contributed by atoms with Crippen molar-refractivity contribution in [1.29, 1.82) is 0 Å². The van der Waals surface area contributed by atoms with Crippen molar-refractivity contribution < 1.29 is 0 Å². The minimum absolute atomic E-state index is 0.366. The van der Waals surface area contributed by atoms with E-state index in [-0.39, 0.29) is 0 Å². The molecule has 4 rings (SSSR count). The Balaban J connectivity index is 1.80. The van der Waals surface area contributed by atoms with E-state index in [0.717, 1.165) is 10.9 Å². The first kappa shape index (κ1) is 13.5. The summed E-state index contributed by atoms with van der Waals surface area (Å²) in [6, 6.07) is 21.8. The third-order valence-corrected chi connectivity index (χ3v) is 6.27. The summed E-state index contributed by atoms with van der Waals surface area (Å²) in [5.41, 5.74) is 4.37. The SMILES string of the molecule is Brc1ccc(C(Br)C2Cc3ccccc32)c2ccccc12. The van der Waals surface area contributed by atoms with Gasteiger partial charge in [0.05, 0.1) is 0 Å². The van der Waals surface area contributed by atoms with E-state index in [1.807, 2.05) is 0 Å². The molecule has 2 unspecified atom stereocenters. The second-order valence-electron chi connectivity index (χ2n) is 5.59. The van der Waals surface area contributed by atoms with E-state index >= 15 is 0 Å². The van der Waals surface area contributed by atoms with Gasteiger partial charge in [0.15, 0.2) is 0 Å². The standard InChI is InChI=1S/C19H14Br2/c20-18-10-9-16(14-7-3-4-8-15(14)18)19(21)17-11-12-5-1-2-6-13(12)17/h1-10,17,19H,11H2. The third-order valence-electron chi connectivity index (χ3n) is 4.45. The largest absolute Gasteiger partial charge is 0.0832 e. The van der Waals surface area contributed by atoms with Crippen LogP contribution < -0.4 is 0 Å². The van der Waals surface area contributed by atoms with E-state index in [9.17, 15) is 0 Å². The van der Waals surface area contributed by atoms with Gasteiger partial charge in [0.1, 0.15) is 0 Å². The molecule has 0 amide bonds. The van der Waals surface area contributed by atoms with Crippen LogP contribution >= 0.6 is 31.9 Å². The van der Waals surface area contributed by atoms with Crippen molar-refractivity contribution in [1.82, 2.24) is 0 Å². The molecule has 0 nitrogen and oxygen atoms in total. The number of hydrogen-bond donors (Lipinski definition) is 0. The molecule has 3 aromatic rings. The summed E-state index contributed by atoms with van der Waals surface area (Å²) in [4.78, 5) is 0.366. The minimum Gasteiger partial charge on any atom is -0.0832 e. The Hall–Kier alpha value is -1.12. The number of fused-ring (bicyclic) bond motifs is 2. The van der Waals surface area contributed by atoms with Gasteiger partial charge in [-0.25, -0.2) is 0 Å². The van der Waals surface area contributed by atoms with Crippen LogP contribution in [0.4, 0.5) is 0 Å². The van der Waals surface area contributed by atoms with Crippen LogP contribution in [0.5, 0.6) is 0 Å². The summed E-state index contributed by atoms with van der Waals surface area (Å²) >= 11 is 7.62. The lowest BCUT2D eigenvalue weighted by Gasteiger charge is -2.34. The average Bonchev–Trinajstić information content (AvgIpc) is 2.49. The van der Waals surface area contributed by atoms with E-state index in [0.29, 0.717) is 10.7 Å². The predicted octanol–water partition coefficient (Wildman–Crippen LogP) is 6.38. The second-order valence-corrected chi connectivity index (χ2v) is 7.43. The lowest BCUT2D eigenvalue weighted by Crippen LogP contribution is -2.20. The summed E-state index contributed by atoms with van der Waals surface area (Å²) in [7, 11) is 0. The van der Waals surface area contributed by atoms with Gasteiger partial charge in [-0.1, -0.05) is 86.5 Å². The van der Waals surface area contributed by atoms with Crippen molar-refractivity contribution in [2.75, 3.05) is 0 Å². The Bertz CT molecular complexity index is 823. The molecule has 0 N–H and O–H groups in total. The van der Waals surface area contributed by atoms with Crippen LogP contribution in [0, 0.1) is 0 Å². The first-order valence-corrected chi connectivity index (χ1v) is 8.85. The topological polar surface area (TPSA) is 0 Å². The second kappa shape index (κ2) is 5.26. The van der Waals surface area contributed by atoms with Crippen molar-refractivity contribution in [2.45, 2.75) is 17.2 Å². The number of halogens is 2. The summed E-state index contributed by atoms with van der Waals surface area (Å²) in [6.45, 7) is 0. The fourth-order valence-electron chi connectivity index (χ4n) is 3.30. The summed E-state index contributed by atoms with van der Waals surface area (Å²) in [6.07, 6.45) is 1.16. The molecule has 3 aromatic carbocycles. The quantitative estimate of drug-likeness (QED) is 0.437. The van der Waals surface area contributed by atoms with Crippen LogP contribution in [0.2, 0.25) is 0 Å². The first-order chi connectivity index (χ1) is 10.3. The highest BCUT2D eigenvalue weighted by molar-refractivity contribution is 9.10. The van der Waals surface area contributed by atoms with Gasteiger partial charge in [-0.2, -0.15) is 0 Å². The molecule has 2 atom stereocenters. The Kier molecular flexibility index (Phi) is 3.39. The first-order valence-electron chi connectivity index (χ1n) is 7.15. The van der Waals surface area contributed by atoms with E-state index in [1.165, 1.54) is 27.5 Å². The Morgan fingerprint density at radius 1 is 0.857 bits per heavy atom. The van der Waals surface area contributed by atoms with Gasteiger partial charge in [-0.05, 0) is 39.9 Å². The van der Waals surface area contributed by atoms with E-state index < -0.39 is 0 Å². The molecule has 0 bridgehead atoms. The van der Waals surface area contributed by atoms with Crippen LogP contribution in [-0.4, -0.2) is 0 Å². The highest BCUT2D eigenvalue weighted by Crippen LogP contribution is 2.49. The van der Waals surface area contributed by atoms with Crippen molar-refractivity contribution in [3.8, 4) is 0 Å². The van der Waals surface area contributed by atoms with Gasteiger partial charge in [0.2, 0.25) is 0 Å². The third kappa shape index (κ3) is 2.16. The number of rotatable bonds is 2. The molecule has 0 radical (unpaired) electrons. The van der Waals surface area contributed by atoms with Gasteiger partial charge in [-0.3, -0.25) is 0 Å². The highest BCUT2D eigenvalue weighted by atomic mass is 79.9. The van der Waals surface area contributed by atoms with Gasteiger partial charge in [0.25, 0.3) is 0 Å². The summed E-state index contributed by atoms with van der Waals surface area (Å²) < 4.78 is 1.16. The zero-order valence-corrected chi connectivity index (χ0v) is 14.6. The zero-order chi connectivity index (χ0) is 14.4. The molecule has 0 saturated heterocycles. The number of hydrogen-bond acceptors (Lipinski definition) is 0. The van der Waals surface area contributed by atoms with Crippen molar-refractivity contribution >= 4 is 42.6 Å². The maximum absolute atomic E-state index is 3.96. The Morgan fingerprint density at radius 2 is 1.57 bits per heavy atom. The molecule has 2 heteroatoms. The average molecular weight is 402 g/mol. The smallest absolute Gasteiger partial charge is 0.0473 e. The van der Waals surface area contributed by atoms with Gasteiger partial charge in [-0.15, -0.1) is 0 Å². The zero-order valence-electron chi connectivity index (χ0n) is 11.4. The van der Waals surface area contributed by atoms with Crippen LogP contribution in [0.1, 0.15) is 27.4 Å².